The van der Waals surface area contributed by atoms with Crippen LogP contribution in [0.4, 0.5) is 5.82 Å². The zero-order valence-corrected chi connectivity index (χ0v) is 13.5. The third-order valence-corrected chi connectivity index (χ3v) is 5.10. The predicted octanol–water partition coefficient (Wildman–Crippen LogP) is 1.62. The number of ether oxygens (including phenoxy) is 1. The standard InChI is InChI=1S/C15H24N4OS/c1-2-20-9-14-18-13-4-7-16-6-3-12(13)15(19-14)17-11-5-8-21-10-11/h11,16H,2-10H2,1H3,(H,17,18,19). The molecule has 1 aromatic heterocycles. The highest BCUT2D eigenvalue weighted by Crippen LogP contribution is 2.25. The van der Waals surface area contributed by atoms with Crippen LogP contribution in [-0.2, 0) is 24.2 Å². The number of anilines is 1. The molecule has 0 aliphatic carbocycles. The largest absolute Gasteiger partial charge is 0.374 e. The van der Waals surface area contributed by atoms with Crippen LogP contribution in [0, 0.1) is 0 Å². The lowest BCUT2D eigenvalue weighted by molar-refractivity contribution is 0.128. The summed E-state index contributed by atoms with van der Waals surface area (Å²) in [6.45, 7) is 5.21. The molecule has 2 N–H and O–H groups in total. The molecule has 3 heterocycles. The Labute approximate surface area is 130 Å². The van der Waals surface area contributed by atoms with Crippen molar-refractivity contribution in [1.29, 1.82) is 0 Å². The Morgan fingerprint density at radius 2 is 2.24 bits per heavy atom. The second-order valence-corrected chi connectivity index (χ2v) is 6.66. The summed E-state index contributed by atoms with van der Waals surface area (Å²) in [6, 6.07) is 0.546. The fraction of sp³-hybridized carbons (Fsp3) is 0.733. The minimum atomic E-state index is 0.505. The third kappa shape index (κ3) is 3.87. The fourth-order valence-electron chi connectivity index (χ4n) is 2.82. The molecule has 5 nitrogen and oxygen atoms in total. The highest BCUT2D eigenvalue weighted by Gasteiger charge is 2.21. The van der Waals surface area contributed by atoms with Crippen LogP contribution in [0.5, 0.6) is 0 Å². The first-order valence-corrected chi connectivity index (χ1v) is 9.03. The van der Waals surface area contributed by atoms with Crippen LogP contribution in [0.15, 0.2) is 0 Å². The summed E-state index contributed by atoms with van der Waals surface area (Å²) >= 11 is 2.02. The third-order valence-electron chi connectivity index (χ3n) is 3.94. The van der Waals surface area contributed by atoms with Crippen LogP contribution in [0.1, 0.15) is 30.4 Å². The van der Waals surface area contributed by atoms with Gasteiger partial charge in [0, 0.05) is 36.9 Å². The lowest BCUT2D eigenvalue weighted by atomic mass is 10.1. The van der Waals surface area contributed by atoms with Gasteiger partial charge in [0.15, 0.2) is 5.82 Å². The van der Waals surface area contributed by atoms with Crippen LogP contribution in [-0.4, -0.2) is 47.2 Å². The van der Waals surface area contributed by atoms with Gasteiger partial charge in [-0.3, -0.25) is 0 Å². The minimum absolute atomic E-state index is 0.505. The van der Waals surface area contributed by atoms with Gasteiger partial charge >= 0.3 is 0 Å². The predicted molar refractivity (Wildman–Crippen MR) is 87.0 cm³/mol. The van der Waals surface area contributed by atoms with Gasteiger partial charge in [0.2, 0.25) is 0 Å². The molecule has 0 saturated carbocycles. The van der Waals surface area contributed by atoms with E-state index in [1.165, 1.54) is 29.2 Å². The van der Waals surface area contributed by atoms with Gasteiger partial charge in [-0.15, -0.1) is 0 Å². The van der Waals surface area contributed by atoms with E-state index >= 15 is 0 Å². The van der Waals surface area contributed by atoms with E-state index in [9.17, 15) is 0 Å². The van der Waals surface area contributed by atoms with Crippen molar-refractivity contribution < 1.29 is 4.74 Å². The number of fused-ring (bicyclic) bond motifs is 1. The lowest BCUT2D eigenvalue weighted by Crippen LogP contribution is -2.22. The van der Waals surface area contributed by atoms with Crippen LogP contribution >= 0.6 is 11.8 Å². The number of nitrogens with one attached hydrogen (secondary N) is 2. The zero-order valence-electron chi connectivity index (χ0n) is 12.7. The lowest BCUT2D eigenvalue weighted by Gasteiger charge is -2.18. The Kier molecular flexibility index (Phi) is 5.32. The van der Waals surface area contributed by atoms with Crippen molar-refractivity contribution in [3.8, 4) is 0 Å². The number of nitrogens with zero attached hydrogens (tertiary/aromatic N) is 2. The van der Waals surface area contributed by atoms with Crippen molar-refractivity contribution in [2.45, 2.75) is 38.8 Å². The first-order valence-electron chi connectivity index (χ1n) is 7.88. The topological polar surface area (TPSA) is 59.1 Å². The van der Waals surface area contributed by atoms with Gasteiger partial charge in [-0.1, -0.05) is 0 Å². The summed E-state index contributed by atoms with van der Waals surface area (Å²) in [4.78, 5) is 9.47. The van der Waals surface area contributed by atoms with E-state index in [1.54, 1.807) is 0 Å². The molecule has 1 aromatic rings. The molecule has 1 unspecified atom stereocenters. The van der Waals surface area contributed by atoms with Crippen LogP contribution in [0.25, 0.3) is 0 Å². The molecule has 21 heavy (non-hydrogen) atoms. The van der Waals surface area contributed by atoms with E-state index < -0.39 is 0 Å². The molecule has 116 valence electrons. The normalized spacial score (nSPS) is 21.9. The van der Waals surface area contributed by atoms with Crippen molar-refractivity contribution in [3.05, 3.63) is 17.1 Å². The number of hydrogen-bond acceptors (Lipinski definition) is 6. The Morgan fingerprint density at radius 1 is 1.33 bits per heavy atom. The Bertz CT molecular complexity index is 477. The molecule has 0 aromatic carbocycles. The van der Waals surface area contributed by atoms with Crippen molar-refractivity contribution in [2.24, 2.45) is 0 Å². The number of hydrogen-bond donors (Lipinski definition) is 2. The summed E-state index contributed by atoms with van der Waals surface area (Å²) in [5, 5.41) is 7.11. The molecule has 6 heteroatoms. The number of rotatable bonds is 5. The minimum Gasteiger partial charge on any atom is -0.374 e. The van der Waals surface area contributed by atoms with Crippen molar-refractivity contribution in [3.63, 3.8) is 0 Å². The van der Waals surface area contributed by atoms with E-state index in [0.29, 0.717) is 19.3 Å². The summed E-state index contributed by atoms with van der Waals surface area (Å²) in [6.07, 6.45) is 3.21. The van der Waals surface area contributed by atoms with E-state index in [4.69, 9.17) is 14.7 Å². The molecule has 0 spiro atoms. The van der Waals surface area contributed by atoms with E-state index in [2.05, 4.69) is 10.6 Å². The number of thioether (sulfide) groups is 1. The average Bonchev–Trinajstić information content (AvgIpc) is 2.88. The first kappa shape index (κ1) is 15.1. The molecular weight excluding hydrogens is 284 g/mol. The first-order chi connectivity index (χ1) is 10.4. The Hall–Kier alpha value is -0.850. The Balaban J connectivity index is 1.86. The molecule has 3 rings (SSSR count). The maximum absolute atomic E-state index is 5.49. The highest BCUT2D eigenvalue weighted by molar-refractivity contribution is 7.99. The summed E-state index contributed by atoms with van der Waals surface area (Å²) in [5.41, 5.74) is 2.50. The van der Waals surface area contributed by atoms with E-state index in [0.717, 1.165) is 37.6 Å². The van der Waals surface area contributed by atoms with Gasteiger partial charge in [-0.25, -0.2) is 9.97 Å². The van der Waals surface area contributed by atoms with Gasteiger partial charge in [0.1, 0.15) is 12.4 Å². The molecular formula is C15H24N4OS. The summed E-state index contributed by atoms with van der Waals surface area (Å²) in [5.74, 6) is 4.28. The molecule has 0 amide bonds. The smallest absolute Gasteiger partial charge is 0.156 e. The fourth-order valence-corrected chi connectivity index (χ4v) is 3.97. The SMILES string of the molecule is CCOCc1nc2c(c(NC3CCSC3)n1)CCNCC2. The van der Waals surface area contributed by atoms with Gasteiger partial charge in [-0.2, -0.15) is 11.8 Å². The molecule has 0 radical (unpaired) electrons. The van der Waals surface area contributed by atoms with E-state index in [-0.39, 0.29) is 0 Å². The monoisotopic (exact) mass is 308 g/mol. The molecule has 1 atom stereocenters. The van der Waals surface area contributed by atoms with Crippen LogP contribution in [0.2, 0.25) is 0 Å². The summed E-state index contributed by atoms with van der Waals surface area (Å²) in [7, 11) is 0. The second-order valence-electron chi connectivity index (χ2n) is 5.51. The summed E-state index contributed by atoms with van der Waals surface area (Å²) < 4.78 is 5.49. The quantitative estimate of drug-likeness (QED) is 0.862. The van der Waals surface area contributed by atoms with Gasteiger partial charge in [-0.05, 0) is 32.1 Å². The van der Waals surface area contributed by atoms with Gasteiger partial charge in [0.25, 0.3) is 0 Å². The van der Waals surface area contributed by atoms with Crippen molar-refractivity contribution in [1.82, 2.24) is 15.3 Å². The molecule has 2 aliphatic heterocycles. The maximum Gasteiger partial charge on any atom is 0.156 e. The number of aromatic nitrogens is 2. The Morgan fingerprint density at radius 3 is 3.05 bits per heavy atom. The van der Waals surface area contributed by atoms with Crippen molar-refractivity contribution in [2.75, 3.05) is 36.5 Å². The second kappa shape index (κ2) is 7.42. The van der Waals surface area contributed by atoms with Crippen LogP contribution in [0.3, 0.4) is 0 Å². The molecule has 1 saturated heterocycles. The van der Waals surface area contributed by atoms with Crippen LogP contribution < -0.4 is 10.6 Å². The van der Waals surface area contributed by atoms with Gasteiger partial charge < -0.3 is 15.4 Å². The molecule has 2 aliphatic rings. The molecule has 0 bridgehead atoms. The van der Waals surface area contributed by atoms with E-state index in [1.807, 2.05) is 18.7 Å². The molecule has 1 fully saturated rings. The van der Waals surface area contributed by atoms with Gasteiger partial charge in [0.05, 0.1) is 5.69 Å². The highest BCUT2D eigenvalue weighted by atomic mass is 32.2. The zero-order chi connectivity index (χ0) is 14.5. The average molecular weight is 308 g/mol. The van der Waals surface area contributed by atoms with Crippen molar-refractivity contribution >= 4 is 17.6 Å². The maximum atomic E-state index is 5.49.